The first-order chi connectivity index (χ1) is 7.13. The van der Waals surface area contributed by atoms with Crippen LogP contribution in [0.5, 0.6) is 0 Å². The molecule has 0 amide bonds. The lowest BCUT2D eigenvalue weighted by atomic mass is 10.0. The number of ketones is 1. The van der Waals surface area contributed by atoms with Gasteiger partial charge in [0.25, 0.3) is 0 Å². The monoisotopic (exact) mass is 225 g/mol. The minimum atomic E-state index is 0.131. The highest BCUT2D eigenvalue weighted by molar-refractivity contribution is 6.31. The average molecular weight is 226 g/mol. The number of benzene rings is 1. The third-order valence-electron chi connectivity index (χ3n) is 2.19. The molecule has 0 aliphatic rings. The molecule has 0 heterocycles. The van der Waals surface area contributed by atoms with Crippen LogP contribution in [0.15, 0.2) is 24.3 Å². The Hall–Kier alpha value is -0.860. The molecule has 0 saturated carbocycles. The van der Waals surface area contributed by atoms with Crippen LogP contribution < -0.4 is 5.32 Å². The van der Waals surface area contributed by atoms with Crippen LogP contribution in [0.3, 0.4) is 0 Å². The molecule has 15 heavy (non-hydrogen) atoms. The van der Waals surface area contributed by atoms with Crippen molar-refractivity contribution in [2.24, 2.45) is 0 Å². The van der Waals surface area contributed by atoms with E-state index in [1.165, 1.54) is 0 Å². The third kappa shape index (κ3) is 4.02. The van der Waals surface area contributed by atoms with Crippen molar-refractivity contribution in [2.45, 2.75) is 26.3 Å². The Bertz CT molecular complexity index is 338. The second kappa shape index (κ2) is 5.89. The van der Waals surface area contributed by atoms with Gasteiger partial charge in [-0.2, -0.15) is 0 Å². The largest absolute Gasteiger partial charge is 0.314 e. The molecule has 0 radical (unpaired) electrons. The first-order valence-electron chi connectivity index (χ1n) is 5.15. The van der Waals surface area contributed by atoms with Gasteiger partial charge in [-0.15, -0.1) is 0 Å². The summed E-state index contributed by atoms with van der Waals surface area (Å²) in [4.78, 5) is 11.8. The van der Waals surface area contributed by atoms with Crippen molar-refractivity contribution in [3.8, 4) is 0 Å². The number of nitrogens with one attached hydrogen (secondary N) is 1. The van der Waals surface area contributed by atoms with E-state index < -0.39 is 0 Å². The summed E-state index contributed by atoms with van der Waals surface area (Å²) in [6.45, 7) is 4.91. The minimum Gasteiger partial charge on any atom is -0.314 e. The Kier molecular flexibility index (Phi) is 4.79. The summed E-state index contributed by atoms with van der Waals surface area (Å²) in [7, 11) is 0. The molecular weight excluding hydrogens is 210 g/mol. The van der Waals surface area contributed by atoms with Crippen molar-refractivity contribution in [2.75, 3.05) is 6.54 Å². The van der Waals surface area contributed by atoms with Crippen molar-refractivity contribution in [3.63, 3.8) is 0 Å². The molecule has 2 nitrogen and oxygen atoms in total. The van der Waals surface area contributed by atoms with Crippen LogP contribution in [0.1, 0.15) is 30.6 Å². The highest BCUT2D eigenvalue weighted by Gasteiger charge is 2.10. The molecule has 0 fully saturated rings. The fourth-order valence-corrected chi connectivity index (χ4v) is 1.67. The molecule has 82 valence electrons. The number of Topliss-reactive ketones (excluding diaryl/α,β-unsaturated/α-hetero) is 1. The predicted molar refractivity (Wildman–Crippen MR) is 63.5 cm³/mol. The predicted octanol–water partition coefficient (Wildman–Crippen LogP) is 2.91. The number of carbonyl (C=O) groups excluding carboxylic acids is 1. The molecule has 1 unspecified atom stereocenters. The second-order valence-corrected chi connectivity index (χ2v) is 4.03. The third-order valence-corrected chi connectivity index (χ3v) is 2.43. The van der Waals surface area contributed by atoms with E-state index >= 15 is 0 Å². The first kappa shape index (κ1) is 12.2. The van der Waals surface area contributed by atoms with E-state index in [0.29, 0.717) is 17.0 Å². The van der Waals surface area contributed by atoms with E-state index in [1.54, 1.807) is 24.3 Å². The van der Waals surface area contributed by atoms with Crippen molar-refractivity contribution in [3.05, 3.63) is 34.9 Å². The van der Waals surface area contributed by atoms with E-state index in [0.717, 1.165) is 6.54 Å². The van der Waals surface area contributed by atoms with Crippen molar-refractivity contribution >= 4 is 17.4 Å². The second-order valence-electron chi connectivity index (χ2n) is 3.60. The maximum atomic E-state index is 11.8. The minimum absolute atomic E-state index is 0.131. The maximum Gasteiger partial charge on any atom is 0.164 e. The number of rotatable bonds is 5. The van der Waals surface area contributed by atoms with Crippen molar-refractivity contribution in [1.82, 2.24) is 5.32 Å². The molecule has 0 aliphatic heterocycles. The van der Waals surface area contributed by atoms with Crippen LogP contribution in [-0.2, 0) is 0 Å². The van der Waals surface area contributed by atoms with Crippen LogP contribution in [0.4, 0.5) is 0 Å². The lowest BCUT2D eigenvalue weighted by molar-refractivity contribution is 0.0972. The van der Waals surface area contributed by atoms with Gasteiger partial charge in [0.1, 0.15) is 0 Å². The van der Waals surface area contributed by atoms with Crippen LogP contribution in [0, 0.1) is 0 Å². The molecular formula is C12H16ClNO. The maximum absolute atomic E-state index is 11.8. The van der Waals surface area contributed by atoms with E-state index in [4.69, 9.17) is 11.6 Å². The number of hydrogen-bond donors (Lipinski definition) is 1. The Labute approximate surface area is 95.6 Å². The fraction of sp³-hybridized carbons (Fsp3) is 0.417. The zero-order valence-electron chi connectivity index (χ0n) is 9.09. The highest BCUT2D eigenvalue weighted by Crippen LogP contribution is 2.12. The normalized spacial score (nSPS) is 12.5. The van der Waals surface area contributed by atoms with Crippen LogP contribution in [0.2, 0.25) is 5.02 Å². The molecule has 1 aromatic rings. The Morgan fingerprint density at radius 2 is 2.27 bits per heavy atom. The Morgan fingerprint density at radius 1 is 1.53 bits per heavy atom. The van der Waals surface area contributed by atoms with Gasteiger partial charge in [-0.25, -0.2) is 0 Å². The van der Waals surface area contributed by atoms with Gasteiger partial charge in [-0.3, -0.25) is 4.79 Å². The summed E-state index contributed by atoms with van der Waals surface area (Å²) >= 11 is 5.82. The SMILES string of the molecule is CCNC(C)CC(=O)c1cccc(Cl)c1. The van der Waals surface area contributed by atoms with Gasteiger partial charge in [0, 0.05) is 23.0 Å². The van der Waals surface area contributed by atoms with Crippen LogP contribution in [0.25, 0.3) is 0 Å². The molecule has 1 rings (SSSR count). The zero-order valence-corrected chi connectivity index (χ0v) is 9.84. The van der Waals surface area contributed by atoms with Gasteiger partial charge in [0.2, 0.25) is 0 Å². The number of carbonyl (C=O) groups is 1. The van der Waals surface area contributed by atoms with E-state index in [-0.39, 0.29) is 11.8 Å². The van der Waals surface area contributed by atoms with E-state index in [2.05, 4.69) is 5.32 Å². The van der Waals surface area contributed by atoms with Gasteiger partial charge in [-0.05, 0) is 25.6 Å². The summed E-state index contributed by atoms with van der Waals surface area (Å²) < 4.78 is 0. The van der Waals surface area contributed by atoms with Gasteiger partial charge in [0.15, 0.2) is 5.78 Å². The van der Waals surface area contributed by atoms with Gasteiger partial charge >= 0.3 is 0 Å². The standard InChI is InChI=1S/C12H16ClNO/c1-3-14-9(2)7-12(15)10-5-4-6-11(13)8-10/h4-6,8-9,14H,3,7H2,1-2H3. The van der Waals surface area contributed by atoms with E-state index in [1.807, 2.05) is 13.8 Å². The average Bonchev–Trinajstić information content (AvgIpc) is 2.18. The first-order valence-corrected chi connectivity index (χ1v) is 5.53. The summed E-state index contributed by atoms with van der Waals surface area (Å²) in [5.74, 6) is 0.131. The quantitative estimate of drug-likeness (QED) is 0.781. The van der Waals surface area contributed by atoms with Gasteiger partial charge in [-0.1, -0.05) is 30.7 Å². The molecule has 1 atom stereocenters. The van der Waals surface area contributed by atoms with Crippen LogP contribution >= 0.6 is 11.6 Å². The molecule has 1 aromatic carbocycles. The van der Waals surface area contributed by atoms with Crippen molar-refractivity contribution < 1.29 is 4.79 Å². The molecule has 0 bridgehead atoms. The molecule has 0 spiro atoms. The molecule has 0 saturated heterocycles. The molecule has 1 N–H and O–H groups in total. The Balaban J connectivity index is 2.61. The van der Waals surface area contributed by atoms with Gasteiger partial charge < -0.3 is 5.32 Å². The van der Waals surface area contributed by atoms with Crippen LogP contribution in [-0.4, -0.2) is 18.4 Å². The van der Waals surface area contributed by atoms with Gasteiger partial charge in [0.05, 0.1) is 0 Å². The Morgan fingerprint density at radius 3 is 2.87 bits per heavy atom. The molecule has 3 heteroatoms. The fourth-order valence-electron chi connectivity index (χ4n) is 1.48. The topological polar surface area (TPSA) is 29.1 Å². The zero-order chi connectivity index (χ0) is 11.3. The number of hydrogen-bond acceptors (Lipinski definition) is 2. The smallest absolute Gasteiger partial charge is 0.164 e. The van der Waals surface area contributed by atoms with Crippen molar-refractivity contribution in [1.29, 1.82) is 0 Å². The molecule has 0 aliphatic carbocycles. The van der Waals surface area contributed by atoms with E-state index in [9.17, 15) is 4.79 Å². The number of halogens is 1. The summed E-state index contributed by atoms with van der Waals surface area (Å²) in [6, 6.07) is 7.29. The summed E-state index contributed by atoms with van der Waals surface area (Å²) in [6.07, 6.45) is 0.508. The summed E-state index contributed by atoms with van der Waals surface area (Å²) in [5.41, 5.74) is 0.687. The highest BCUT2D eigenvalue weighted by atomic mass is 35.5. The lowest BCUT2D eigenvalue weighted by Crippen LogP contribution is -2.28. The lowest BCUT2D eigenvalue weighted by Gasteiger charge is -2.10. The summed E-state index contributed by atoms with van der Waals surface area (Å²) in [5, 5.41) is 3.82. The molecule has 0 aromatic heterocycles.